The topological polar surface area (TPSA) is 80.6 Å². The molecule has 0 spiro atoms. The van der Waals surface area contributed by atoms with Crippen molar-refractivity contribution < 1.29 is 0 Å². The first-order valence-corrected chi connectivity index (χ1v) is 7.52. The van der Waals surface area contributed by atoms with Crippen molar-refractivity contribution >= 4 is 12.2 Å². The van der Waals surface area contributed by atoms with E-state index in [2.05, 4.69) is 20.9 Å². The minimum atomic E-state index is -0.106. The molecule has 2 aromatic heterocycles. The van der Waals surface area contributed by atoms with Gasteiger partial charge in [-0.2, -0.15) is 5.26 Å². The Labute approximate surface area is 133 Å². The van der Waals surface area contributed by atoms with Crippen LogP contribution in [0.25, 0.3) is 0 Å². The van der Waals surface area contributed by atoms with Gasteiger partial charge < -0.3 is 9.55 Å². The third-order valence-electron chi connectivity index (χ3n) is 4.34. The molecule has 0 radical (unpaired) electrons. The lowest BCUT2D eigenvalue weighted by Gasteiger charge is -2.27. The van der Waals surface area contributed by atoms with Crippen molar-refractivity contribution in [1.29, 1.82) is 5.26 Å². The van der Waals surface area contributed by atoms with Gasteiger partial charge in [-0.05, 0) is 30.8 Å². The van der Waals surface area contributed by atoms with Crippen LogP contribution in [0.1, 0.15) is 28.2 Å². The van der Waals surface area contributed by atoms with Crippen LogP contribution in [-0.4, -0.2) is 26.0 Å². The van der Waals surface area contributed by atoms with Crippen LogP contribution in [0.5, 0.6) is 0 Å². The van der Waals surface area contributed by atoms with E-state index in [0.29, 0.717) is 17.0 Å². The molecule has 7 heteroatoms. The first kappa shape index (κ1) is 14.8. The van der Waals surface area contributed by atoms with Crippen molar-refractivity contribution in [1.82, 2.24) is 19.4 Å². The molecule has 2 aromatic rings. The first-order valence-electron chi connectivity index (χ1n) is 7.11. The zero-order chi connectivity index (χ0) is 15.9. The van der Waals surface area contributed by atoms with Crippen LogP contribution in [0.4, 0.5) is 0 Å². The lowest BCUT2D eigenvalue weighted by molar-refractivity contribution is 0.241. The number of rotatable bonds is 2. The Morgan fingerprint density at radius 3 is 2.91 bits per heavy atom. The molecule has 3 heterocycles. The van der Waals surface area contributed by atoms with Gasteiger partial charge in [-0.3, -0.25) is 14.7 Å². The Bertz CT molecular complexity index is 883. The molecule has 3 rings (SSSR count). The van der Waals surface area contributed by atoms with Gasteiger partial charge in [-0.1, -0.05) is 0 Å². The van der Waals surface area contributed by atoms with Crippen LogP contribution < -0.4 is 5.56 Å². The minimum Gasteiger partial charge on any atom is -0.340 e. The number of fused-ring (bicyclic) bond motifs is 1. The fraction of sp³-hybridized carbons (Fsp3) is 0.400. The average Bonchev–Trinajstić information content (AvgIpc) is 2.75. The van der Waals surface area contributed by atoms with Crippen molar-refractivity contribution in [2.75, 3.05) is 6.54 Å². The van der Waals surface area contributed by atoms with Crippen molar-refractivity contribution in [3.05, 3.63) is 49.4 Å². The Hall–Kier alpha value is -2.17. The van der Waals surface area contributed by atoms with Gasteiger partial charge in [-0.25, -0.2) is 0 Å². The number of nitrogens with zero attached hydrogens (tertiary/aromatic N) is 3. The summed E-state index contributed by atoms with van der Waals surface area (Å²) in [5, 5.41) is 9.11. The van der Waals surface area contributed by atoms with E-state index < -0.39 is 0 Å². The highest BCUT2D eigenvalue weighted by Crippen LogP contribution is 2.20. The third kappa shape index (κ3) is 2.51. The van der Waals surface area contributed by atoms with Gasteiger partial charge in [0.1, 0.15) is 11.8 Å². The maximum Gasteiger partial charge on any atom is 0.256 e. The monoisotopic (exact) mass is 315 g/mol. The van der Waals surface area contributed by atoms with Gasteiger partial charge in [0.2, 0.25) is 0 Å². The minimum absolute atomic E-state index is 0.106. The Balaban J connectivity index is 1.86. The molecule has 0 atom stereocenters. The summed E-state index contributed by atoms with van der Waals surface area (Å²) in [6, 6.07) is 4.12. The molecule has 1 aliphatic rings. The molecule has 6 nitrogen and oxygen atoms in total. The summed E-state index contributed by atoms with van der Waals surface area (Å²) in [6.07, 6.45) is 0.778. The maximum atomic E-state index is 12.0. The van der Waals surface area contributed by atoms with Crippen LogP contribution >= 0.6 is 12.2 Å². The summed E-state index contributed by atoms with van der Waals surface area (Å²) in [6.45, 7) is 4.19. The fourth-order valence-electron chi connectivity index (χ4n) is 2.92. The van der Waals surface area contributed by atoms with E-state index in [-0.39, 0.29) is 5.56 Å². The van der Waals surface area contributed by atoms with E-state index in [1.807, 2.05) is 24.6 Å². The van der Waals surface area contributed by atoms with Crippen LogP contribution in [0, 0.1) is 23.0 Å². The van der Waals surface area contributed by atoms with Crippen molar-refractivity contribution in [3.63, 3.8) is 0 Å². The smallest absolute Gasteiger partial charge is 0.256 e. The zero-order valence-corrected chi connectivity index (χ0v) is 13.4. The number of aromatic amines is 2. The van der Waals surface area contributed by atoms with E-state index in [1.165, 1.54) is 0 Å². The first-order chi connectivity index (χ1) is 10.5. The molecule has 0 amide bonds. The number of nitrogens with one attached hydrogen (secondary N) is 2. The molecular weight excluding hydrogens is 298 g/mol. The highest BCUT2D eigenvalue weighted by Gasteiger charge is 2.21. The molecule has 22 heavy (non-hydrogen) atoms. The van der Waals surface area contributed by atoms with Gasteiger partial charge in [0.25, 0.3) is 5.56 Å². The summed E-state index contributed by atoms with van der Waals surface area (Å²) in [7, 11) is 1.90. The second kappa shape index (κ2) is 5.55. The molecule has 2 N–H and O–H groups in total. The van der Waals surface area contributed by atoms with E-state index in [1.54, 1.807) is 0 Å². The second-order valence-electron chi connectivity index (χ2n) is 5.64. The van der Waals surface area contributed by atoms with Crippen LogP contribution in [0.3, 0.4) is 0 Å². The summed E-state index contributed by atoms with van der Waals surface area (Å²) in [4.78, 5) is 20.0. The van der Waals surface area contributed by atoms with E-state index in [0.717, 1.165) is 42.0 Å². The summed E-state index contributed by atoms with van der Waals surface area (Å²) in [5.41, 5.74) is 4.46. The van der Waals surface area contributed by atoms with Crippen LogP contribution in [-0.2, 0) is 26.6 Å². The Morgan fingerprint density at radius 1 is 1.45 bits per heavy atom. The van der Waals surface area contributed by atoms with Gasteiger partial charge >= 0.3 is 0 Å². The average molecular weight is 315 g/mol. The SMILES string of the molecule is Cc1c(CN2CCc3[nH]c(=S)[nH]c(=O)c3C2)cc(C#N)n1C. The highest BCUT2D eigenvalue weighted by molar-refractivity contribution is 7.71. The molecule has 0 saturated heterocycles. The van der Waals surface area contributed by atoms with Crippen LogP contribution in [0.2, 0.25) is 0 Å². The zero-order valence-electron chi connectivity index (χ0n) is 12.6. The quantitative estimate of drug-likeness (QED) is 0.823. The number of hydrogen-bond donors (Lipinski definition) is 2. The van der Waals surface area contributed by atoms with Gasteiger partial charge in [-0.15, -0.1) is 0 Å². The Morgan fingerprint density at radius 2 is 2.23 bits per heavy atom. The molecule has 0 unspecified atom stereocenters. The van der Waals surface area contributed by atoms with Crippen molar-refractivity contribution in [3.8, 4) is 6.07 Å². The molecule has 0 bridgehead atoms. The van der Waals surface area contributed by atoms with Gasteiger partial charge in [0, 0.05) is 44.5 Å². The third-order valence-corrected chi connectivity index (χ3v) is 4.54. The molecular formula is C15H17N5OS. The molecule has 0 fully saturated rings. The lowest BCUT2D eigenvalue weighted by atomic mass is 10.1. The number of H-pyrrole nitrogens is 2. The summed E-state index contributed by atoms with van der Waals surface area (Å²) >= 11 is 5.01. The summed E-state index contributed by atoms with van der Waals surface area (Å²) in [5.74, 6) is 0. The molecule has 1 aliphatic heterocycles. The van der Waals surface area contributed by atoms with Gasteiger partial charge in [0.15, 0.2) is 4.77 Å². The molecule has 114 valence electrons. The number of nitriles is 1. The number of aromatic nitrogens is 3. The van der Waals surface area contributed by atoms with E-state index in [9.17, 15) is 4.79 Å². The molecule has 0 aliphatic carbocycles. The van der Waals surface area contributed by atoms with Crippen molar-refractivity contribution in [2.45, 2.75) is 26.4 Å². The summed E-state index contributed by atoms with van der Waals surface area (Å²) < 4.78 is 2.28. The standard InChI is InChI=1S/C15H17N5OS/c1-9-10(5-11(6-16)19(9)2)7-20-4-3-13-12(8-20)14(21)18-15(22)17-13/h5H,3-4,7-8H2,1-2H3,(H2,17,18,21,22). The highest BCUT2D eigenvalue weighted by atomic mass is 32.1. The normalized spacial score (nSPS) is 14.6. The predicted molar refractivity (Wildman–Crippen MR) is 84.9 cm³/mol. The van der Waals surface area contributed by atoms with Crippen LogP contribution in [0.15, 0.2) is 10.9 Å². The maximum absolute atomic E-state index is 12.0. The van der Waals surface area contributed by atoms with Gasteiger partial charge in [0.05, 0.1) is 5.56 Å². The van der Waals surface area contributed by atoms with E-state index in [4.69, 9.17) is 17.5 Å². The predicted octanol–water partition coefficient (Wildman–Crippen LogP) is 1.51. The molecule has 0 aromatic carbocycles. The lowest BCUT2D eigenvalue weighted by Crippen LogP contribution is -2.35. The fourth-order valence-corrected chi connectivity index (χ4v) is 3.13. The largest absolute Gasteiger partial charge is 0.340 e. The molecule has 0 saturated carbocycles. The van der Waals surface area contributed by atoms with Crippen molar-refractivity contribution in [2.24, 2.45) is 7.05 Å². The Kier molecular flexibility index (Phi) is 3.72. The number of hydrogen-bond acceptors (Lipinski definition) is 4. The second-order valence-corrected chi connectivity index (χ2v) is 6.05. The van der Waals surface area contributed by atoms with E-state index >= 15 is 0 Å².